The summed E-state index contributed by atoms with van der Waals surface area (Å²) in [5.74, 6) is -0.335. The van der Waals surface area contributed by atoms with Crippen molar-refractivity contribution in [3.8, 4) is 11.3 Å². The Kier molecular flexibility index (Phi) is 2.48. The van der Waals surface area contributed by atoms with Gasteiger partial charge in [0.2, 0.25) is 0 Å². The number of nitrogens with zero attached hydrogens (tertiary/aromatic N) is 1. The molecule has 0 saturated carbocycles. The van der Waals surface area contributed by atoms with Gasteiger partial charge in [-0.3, -0.25) is 4.79 Å². The number of hydrogen-bond acceptors (Lipinski definition) is 2. The summed E-state index contributed by atoms with van der Waals surface area (Å²) in [6.45, 7) is 3.88. The van der Waals surface area contributed by atoms with E-state index in [-0.39, 0.29) is 5.82 Å². The number of carbonyl (C=O) groups is 1. The molecule has 0 aliphatic heterocycles. The van der Waals surface area contributed by atoms with Crippen LogP contribution in [0, 0.1) is 13.8 Å². The smallest absolute Gasteiger partial charge is 0.284 e. The summed E-state index contributed by atoms with van der Waals surface area (Å²) in [5, 5.41) is 0. The normalized spacial score (nSPS) is 10.4. The number of hydrogen-bond donors (Lipinski definition) is 2. The summed E-state index contributed by atoms with van der Waals surface area (Å²) in [7, 11) is 0. The molecule has 1 heterocycles. The third-order valence-corrected chi connectivity index (χ3v) is 2.52. The number of benzene rings is 1. The molecule has 1 amide bonds. The van der Waals surface area contributed by atoms with Crippen LogP contribution in [0.3, 0.4) is 0 Å². The van der Waals surface area contributed by atoms with E-state index in [1.165, 1.54) is 0 Å². The van der Waals surface area contributed by atoms with Crippen LogP contribution in [0.5, 0.6) is 0 Å². The average molecular weight is 215 g/mol. The maximum Gasteiger partial charge on any atom is 0.284 e. The van der Waals surface area contributed by atoms with Crippen molar-refractivity contribution in [1.82, 2.24) is 9.97 Å². The van der Waals surface area contributed by atoms with Crippen LogP contribution >= 0.6 is 0 Å². The second-order valence-electron chi connectivity index (χ2n) is 3.74. The van der Waals surface area contributed by atoms with Gasteiger partial charge in [0, 0.05) is 11.3 Å². The number of H-pyrrole nitrogens is 1. The summed E-state index contributed by atoms with van der Waals surface area (Å²) in [4.78, 5) is 18.1. The number of carbonyl (C=O) groups excluding carboxylic acids is 1. The number of primary amides is 1. The van der Waals surface area contributed by atoms with Gasteiger partial charge in [-0.05, 0) is 19.4 Å². The van der Waals surface area contributed by atoms with Gasteiger partial charge in [-0.2, -0.15) is 0 Å². The number of nitrogens with one attached hydrogen (secondary N) is 1. The van der Waals surface area contributed by atoms with E-state index in [4.69, 9.17) is 5.73 Å². The number of nitrogens with two attached hydrogens (primary N) is 1. The minimum Gasteiger partial charge on any atom is -0.363 e. The number of aromatic nitrogens is 2. The Morgan fingerprint density at radius 3 is 2.56 bits per heavy atom. The minimum atomic E-state index is -0.539. The van der Waals surface area contributed by atoms with Gasteiger partial charge in [-0.1, -0.05) is 24.3 Å². The summed E-state index contributed by atoms with van der Waals surface area (Å²) >= 11 is 0. The lowest BCUT2D eigenvalue weighted by Gasteiger charge is -2.02. The minimum absolute atomic E-state index is 0.204. The average Bonchev–Trinajstić information content (AvgIpc) is 2.61. The highest BCUT2D eigenvalue weighted by Gasteiger charge is 2.13. The summed E-state index contributed by atoms with van der Waals surface area (Å²) in [6, 6.07) is 7.90. The maximum absolute atomic E-state index is 11.0. The van der Waals surface area contributed by atoms with Crippen molar-refractivity contribution in [3.05, 3.63) is 41.3 Å². The van der Waals surface area contributed by atoms with Crippen LogP contribution in [0.15, 0.2) is 24.3 Å². The third-order valence-electron chi connectivity index (χ3n) is 2.52. The highest BCUT2D eigenvalue weighted by molar-refractivity contribution is 5.90. The zero-order chi connectivity index (χ0) is 11.7. The van der Waals surface area contributed by atoms with Crippen LogP contribution < -0.4 is 5.73 Å². The molecule has 2 aromatic rings. The van der Waals surface area contributed by atoms with Gasteiger partial charge in [0.1, 0.15) is 0 Å². The Morgan fingerprint density at radius 2 is 2.00 bits per heavy atom. The second-order valence-corrected chi connectivity index (χ2v) is 3.74. The molecule has 0 aliphatic carbocycles. The number of amides is 1. The van der Waals surface area contributed by atoms with E-state index >= 15 is 0 Å². The van der Waals surface area contributed by atoms with Crippen LogP contribution in [0.4, 0.5) is 0 Å². The monoisotopic (exact) mass is 215 g/mol. The molecule has 0 spiro atoms. The lowest BCUT2D eigenvalue weighted by molar-refractivity contribution is 0.0991. The highest BCUT2D eigenvalue weighted by Crippen LogP contribution is 2.24. The van der Waals surface area contributed by atoms with Crippen molar-refractivity contribution in [2.75, 3.05) is 0 Å². The topological polar surface area (TPSA) is 71.8 Å². The first-order valence-corrected chi connectivity index (χ1v) is 5.02. The van der Waals surface area contributed by atoms with E-state index in [0.29, 0.717) is 0 Å². The largest absolute Gasteiger partial charge is 0.363 e. The van der Waals surface area contributed by atoms with Crippen molar-refractivity contribution in [1.29, 1.82) is 0 Å². The van der Waals surface area contributed by atoms with Gasteiger partial charge < -0.3 is 10.7 Å². The molecule has 0 atom stereocenters. The molecule has 0 unspecified atom stereocenters. The molecule has 16 heavy (non-hydrogen) atoms. The lowest BCUT2D eigenvalue weighted by Crippen LogP contribution is -2.12. The molecular weight excluding hydrogens is 202 g/mol. The van der Waals surface area contributed by atoms with E-state index < -0.39 is 5.91 Å². The van der Waals surface area contributed by atoms with E-state index in [1.807, 2.05) is 38.1 Å². The van der Waals surface area contributed by atoms with Crippen LogP contribution in [0.25, 0.3) is 11.3 Å². The first-order chi connectivity index (χ1) is 7.59. The first kappa shape index (κ1) is 10.4. The van der Waals surface area contributed by atoms with E-state index in [1.54, 1.807) is 0 Å². The summed E-state index contributed by atoms with van der Waals surface area (Å²) in [5.41, 5.74) is 8.95. The van der Waals surface area contributed by atoms with E-state index in [0.717, 1.165) is 22.5 Å². The lowest BCUT2D eigenvalue weighted by atomic mass is 10.1. The number of aromatic amines is 1. The summed E-state index contributed by atoms with van der Waals surface area (Å²) in [6.07, 6.45) is 0. The fourth-order valence-corrected chi connectivity index (χ4v) is 1.68. The van der Waals surface area contributed by atoms with E-state index in [2.05, 4.69) is 9.97 Å². The third kappa shape index (κ3) is 1.69. The molecular formula is C12H13N3O. The second kappa shape index (κ2) is 3.81. The number of rotatable bonds is 2. The molecule has 0 aliphatic rings. The van der Waals surface area contributed by atoms with Gasteiger partial charge in [0.15, 0.2) is 5.82 Å². The van der Waals surface area contributed by atoms with E-state index in [9.17, 15) is 4.79 Å². The quantitative estimate of drug-likeness (QED) is 0.801. The highest BCUT2D eigenvalue weighted by atomic mass is 16.1. The molecule has 0 fully saturated rings. The number of imidazole rings is 1. The standard InChI is InChI=1S/C12H13N3O/c1-7-5-3-4-6-9(7)10-8(2)14-12(15-10)11(13)16/h3-6H,1-2H3,(H2,13,16)(H,14,15). The zero-order valence-corrected chi connectivity index (χ0v) is 9.24. The van der Waals surface area contributed by atoms with Crippen LogP contribution in [0.1, 0.15) is 21.9 Å². The molecule has 4 nitrogen and oxygen atoms in total. The van der Waals surface area contributed by atoms with Crippen molar-refractivity contribution in [2.24, 2.45) is 5.73 Å². The van der Waals surface area contributed by atoms with Crippen LogP contribution in [-0.4, -0.2) is 15.9 Å². The van der Waals surface area contributed by atoms with Gasteiger partial charge in [0.05, 0.1) is 5.69 Å². The Balaban J connectivity index is 2.57. The Morgan fingerprint density at radius 1 is 1.31 bits per heavy atom. The molecule has 0 radical (unpaired) electrons. The molecule has 3 N–H and O–H groups in total. The zero-order valence-electron chi connectivity index (χ0n) is 9.24. The maximum atomic E-state index is 11.0. The molecule has 0 saturated heterocycles. The van der Waals surface area contributed by atoms with Gasteiger partial charge in [-0.25, -0.2) is 4.98 Å². The fourth-order valence-electron chi connectivity index (χ4n) is 1.68. The molecule has 2 rings (SSSR count). The molecule has 1 aromatic heterocycles. The Bertz CT molecular complexity index is 543. The van der Waals surface area contributed by atoms with Gasteiger partial charge in [0.25, 0.3) is 5.91 Å². The van der Waals surface area contributed by atoms with Crippen molar-refractivity contribution in [3.63, 3.8) is 0 Å². The number of aryl methyl sites for hydroxylation is 2. The first-order valence-electron chi connectivity index (χ1n) is 5.02. The van der Waals surface area contributed by atoms with Crippen LogP contribution in [-0.2, 0) is 0 Å². The molecule has 0 bridgehead atoms. The fraction of sp³-hybridized carbons (Fsp3) is 0.167. The predicted molar refractivity (Wildman–Crippen MR) is 62.0 cm³/mol. The van der Waals surface area contributed by atoms with Gasteiger partial charge >= 0.3 is 0 Å². The molecule has 4 heteroatoms. The Labute approximate surface area is 93.5 Å². The Hall–Kier alpha value is -2.10. The van der Waals surface area contributed by atoms with Crippen molar-refractivity contribution in [2.45, 2.75) is 13.8 Å². The molecule has 1 aromatic carbocycles. The molecule has 82 valence electrons. The van der Waals surface area contributed by atoms with Crippen molar-refractivity contribution < 1.29 is 4.79 Å². The van der Waals surface area contributed by atoms with Gasteiger partial charge in [-0.15, -0.1) is 0 Å². The van der Waals surface area contributed by atoms with Crippen LogP contribution in [0.2, 0.25) is 0 Å². The van der Waals surface area contributed by atoms with Crippen molar-refractivity contribution >= 4 is 5.91 Å². The SMILES string of the molecule is Cc1ccccc1-c1nc(C(N)=O)[nH]c1C. The predicted octanol–water partition coefficient (Wildman–Crippen LogP) is 1.79. The summed E-state index contributed by atoms with van der Waals surface area (Å²) < 4.78 is 0.